The Balaban J connectivity index is 1.62. The minimum absolute atomic E-state index is 0.0176. The highest BCUT2D eigenvalue weighted by molar-refractivity contribution is 5.89. The molecule has 3 saturated heterocycles. The number of likely N-dealkylation sites (tertiary alicyclic amines) is 2. The second-order valence-corrected chi connectivity index (χ2v) is 8.11. The molecule has 7 heteroatoms. The standard InChI is InChI=1S/C20H26N4O3/c1-23-11-14(10-18(23)26)19(27)24-12-15(16-6-3-5-9-21-16)20(13-24)8-4-2-7-17(25)22-20/h3,5-6,9,14-15H,2,4,7-8,10-13H2,1H3,(H,22,25)/t14?,15-,20+/m0/s1. The molecule has 1 spiro atoms. The third-order valence-electron chi connectivity index (χ3n) is 6.25. The van der Waals surface area contributed by atoms with Gasteiger partial charge in [0.15, 0.2) is 0 Å². The van der Waals surface area contributed by atoms with E-state index in [0.717, 1.165) is 25.0 Å². The van der Waals surface area contributed by atoms with Crippen molar-refractivity contribution < 1.29 is 14.4 Å². The minimum Gasteiger partial charge on any atom is -0.348 e. The first-order chi connectivity index (χ1) is 13.0. The van der Waals surface area contributed by atoms with Gasteiger partial charge in [0.25, 0.3) is 0 Å². The summed E-state index contributed by atoms with van der Waals surface area (Å²) in [6.07, 6.45) is 5.24. The van der Waals surface area contributed by atoms with Crippen LogP contribution in [0.1, 0.15) is 43.7 Å². The molecule has 3 fully saturated rings. The van der Waals surface area contributed by atoms with Gasteiger partial charge in [-0.05, 0) is 25.0 Å². The van der Waals surface area contributed by atoms with Crippen molar-refractivity contribution in [2.24, 2.45) is 5.92 Å². The molecule has 0 bridgehead atoms. The molecule has 3 aliphatic rings. The Morgan fingerprint density at radius 1 is 1.26 bits per heavy atom. The lowest BCUT2D eigenvalue weighted by atomic mass is 9.81. The van der Waals surface area contributed by atoms with Gasteiger partial charge in [-0.15, -0.1) is 0 Å². The Morgan fingerprint density at radius 3 is 2.81 bits per heavy atom. The van der Waals surface area contributed by atoms with Crippen LogP contribution < -0.4 is 5.32 Å². The second kappa shape index (κ2) is 6.94. The van der Waals surface area contributed by atoms with Crippen molar-refractivity contribution >= 4 is 17.7 Å². The molecule has 4 rings (SSSR count). The van der Waals surface area contributed by atoms with E-state index in [1.54, 1.807) is 18.1 Å². The normalized spacial score (nSPS) is 31.3. The monoisotopic (exact) mass is 370 g/mol. The molecular weight excluding hydrogens is 344 g/mol. The number of pyridine rings is 1. The van der Waals surface area contributed by atoms with Gasteiger partial charge >= 0.3 is 0 Å². The topological polar surface area (TPSA) is 82.6 Å². The second-order valence-electron chi connectivity index (χ2n) is 8.11. The number of hydrogen-bond acceptors (Lipinski definition) is 4. The van der Waals surface area contributed by atoms with Crippen LogP contribution in [0.2, 0.25) is 0 Å². The van der Waals surface area contributed by atoms with E-state index in [0.29, 0.717) is 26.1 Å². The zero-order valence-corrected chi connectivity index (χ0v) is 15.7. The highest BCUT2D eigenvalue weighted by Gasteiger charge is 2.51. The van der Waals surface area contributed by atoms with E-state index in [2.05, 4.69) is 10.3 Å². The first-order valence-corrected chi connectivity index (χ1v) is 9.73. The van der Waals surface area contributed by atoms with Crippen LogP contribution in [0.15, 0.2) is 24.4 Å². The van der Waals surface area contributed by atoms with Crippen molar-refractivity contribution in [3.63, 3.8) is 0 Å². The molecule has 4 heterocycles. The summed E-state index contributed by atoms with van der Waals surface area (Å²) in [5.74, 6) is -0.225. The molecule has 0 aliphatic carbocycles. The lowest BCUT2D eigenvalue weighted by Crippen LogP contribution is -2.53. The van der Waals surface area contributed by atoms with E-state index in [1.807, 2.05) is 23.1 Å². The summed E-state index contributed by atoms with van der Waals surface area (Å²) in [5.41, 5.74) is 0.446. The first-order valence-electron chi connectivity index (χ1n) is 9.73. The molecule has 3 amide bonds. The Morgan fingerprint density at radius 2 is 2.11 bits per heavy atom. The van der Waals surface area contributed by atoms with Crippen LogP contribution in [0.25, 0.3) is 0 Å². The highest BCUT2D eigenvalue weighted by atomic mass is 16.2. The number of amides is 3. The van der Waals surface area contributed by atoms with Crippen LogP contribution in [0.5, 0.6) is 0 Å². The van der Waals surface area contributed by atoms with Crippen LogP contribution in [0, 0.1) is 5.92 Å². The third-order valence-corrected chi connectivity index (χ3v) is 6.25. The summed E-state index contributed by atoms with van der Waals surface area (Å²) >= 11 is 0. The van der Waals surface area contributed by atoms with Crippen molar-refractivity contribution in [3.05, 3.63) is 30.1 Å². The molecule has 1 unspecified atom stereocenters. The number of aromatic nitrogens is 1. The van der Waals surface area contributed by atoms with Gasteiger partial charge in [0.1, 0.15) is 0 Å². The van der Waals surface area contributed by atoms with Crippen LogP contribution >= 0.6 is 0 Å². The number of nitrogens with zero attached hydrogens (tertiary/aromatic N) is 3. The number of hydrogen-bond donors (Lipinski definition) is 1. The summed E-state index contributed by atoms with van der Waals surface area (Å²) < 4.78 is 0. The van der Waals surface area contributed by atoms with Crippen molar-refractivity contribution in [1.82, 2.24) is 20.1 Å². The average Bonchev–Trinajstić information content (AvgIpc) is 3.12. The summed E-state index contributed by atoms with van der Waals surface area (Å²) in [6.45, 7) is 1.50. The number of carbonyl (C=O) groups is 3. The van der Waals surface area contributed by atoms with Gasteiger partial charge in [-0.3, -0.25) is 19.4 Å². The largest absolute Gasteiger partial charge is 0.348 e. The molecule has 3 aliphatic heterocycles. The highest BCUT2D eigenvalue weighted by Crippen LogP contribution is 2.41. The van der Waals surface area contributed by atoms with E-state index in [4.69, 9.17) is 0 Å². The number of carbonyl (C=O) groups excluding carboxylic acids is 3. The van der Waals surface area contributed by atoms with Crippen LogP contribution in [-0.4, -0.2) is 64.7 Å². The van der Waals surface area contributed by atoms with E-state index < -0.39 is 5.54 Å². The van der Waals surface area contributed by atoms with Crippen molar-refractivity contribution in [3.8, 4) is 0 Å². The maximum atomic E-state index is 13.1. The van der Waals surface area contributed by atoms with Crippen LogP contribution in [0.3, 0.4) is 0 Å². The van der Waals surface area contributed by atoms with E-state index in [-0.39, 0.29) is 36.0 Å². The van der Waals surface area contributed by atoms with Gasteiger partial charge < -0.3 is 15.1 Å². The number of nitrogens with one attached hydrogen (secondary N) is 1. The predicted octanol–water partition coefficient (Wildman–Crippen LogP) is 0.915. The third kappa shape index (κ3) is 3.31. The van der Waals surface area contributed by atoms with Crippen molar-refractivity contribution in [2.75, 3.05) is 26.7 Å². The fraction of sp³-hybridized carbons (Fsp3) is 0.600. The van der Waals surface area contributed by atoms with Crippen LogP contribution in [-0.2, 0) is 14.4 Å². The predicted molar refractivity (Wildman–Crippen MR) is 98.6 cm³/mol. The zero-order valence-electron chi connectivity index (χ0n) is 15.7. The lowest BCUT2D eigenvalue weighted by molar-refractivity contribution is -0.135. The molecular formula is C20H26N4O3. The van der Waals surface area contributed by atoms with Crippen LogP contribution in [0.4, 0.5) is 0 Å². The molecule has 144 valence electrons. The SMILES string of the molecule is CN1CC(C(=O)N2C[C@@H](c3ccccn3)[C@@]3(CCCCC(=O)N3)C2)CC1=O. The fourth-order valence-electron chi connectivity index (χ4n) is 4.83. The molecule has 0 radical (unpaired) electrons. The molecule has 1 aromatic heterocycles. The fourth-order valence-corrected chi connectivity index (χ4v) is 4.83. The summed E-state index contributed by atoms with van der Waals surface area (Å²) in [5, 5.41) is 3.25. The van der Waals surface area contributed by atoms with Gasteiger partial charge in [-0.2, -0.15) is 0 Å². The molecule has 1 aromatic rings. The Kier molecular flexibility index (Phi) is 4.61. The molecule has 27 heavy (non-hydrogen) atoms. The Labute approximate surface area is 159 Å². The maximum Gasteiger partial charge on any atom is 0.228 e. The minimum atomic E-state index is -0.466. The van der Waals surface area contributed by atoms with Gasteiger partial charge in [-0.25, -0.2) is 0 Å². The maximum absolute atomic E-state index is 13.1. The van der Waals surface area contributed by atoms with Gasteiger partial charge in [0, 0.05) is 57.3 Å². The molecule has 0 saturated carbocycles. The zero-order chi connectivity index (χ0) is 19.0. The van der Waals surface area contributed by atoms with Gasteiger partial charge in [-0.1, -0.05) is 12.5 Å². The van der Waals surface area contributed by atoms with Gasteiger partial charge in [0.05, 0.1) is 11.5 Å². The molecule has 3 atom stereocenters. The number of rotatable bonds is 2. The smallest absolute Gasteiger partial charge is 0.228 e. The Bertz CT molecular complexity index is 753. The quantitative estimate of drug-likeness (QED) is 0.839. The molecule has 7 nitrogen and oxygen atoms in total. The van der Waals surface area contributed by atoms with Crippen molar-refractivity contribution in [1.29, 1.82) is 0 Å². The Hall–Kier alpha value is -2.44. The van der Waals surface area contributed by atoms with Gasteiger partial charge in [0.2, 0.25) is 17.7 Å². The summed E-state index contributed by atoms with van der Waals surface area (Å²) in [7, 11) is 1.74. The lowest BCUT2D eigenvalue weighted by Gasteiger charge is -2.34. The van der Waals surface area contributed by atoms with E-state index >= 15 is 0 Å². The average molecular weight is 370 g/mol. The van der Waals surface area contributed by atoms with E-state index in [1.165, 1.54) is 0 Å². The first kappa shape index (κ1) is 17.9. The molecule has 0 aromatic carbocycles. The molecule has 1 N–H and O–H groups in total. The van der Waals surface area contributed by atoms with Crippen molar-refractivity contribution in [2.45, 2.75) is 43.6 Å². The summed E-state index contributed by atoms with van der Waals surface area (Å²) in [4.78, 5) is 45.3. The summed E-state index contributed by atoms with van der Waals surface area (Å²) in [6, 6.07) is 5.80. The van der Waals surface area contributed by atoms with E-state index in [9.17, 15) is 14.4 Å².